The van der Waals surface area contributed by atoms with E-state index in [1.165, 1.54) is 13.8 Å². The minimum Gasteiger partial charge on any atom is -0.792 e. The van der Waals surface area contributed by atoms with Crippen molar-refractivity contribution in [3.05, 3.63) is 10.4 Å². The summed E-state index contributed by atoms with van der Waals surface area (Å²) in [6, 6.07) is 0. The molecule has 0 heterocycles. The normalized spacial score (nSPS) is 14.2. The Labute approximate surface area is 47.1 Å². The van der Waals surface area contributed by atoms with Crippen LogP contribution in [0.2, 0.25) is 0 Å². The maximum Gasteiger partial charge on any atom is 0.0465 e. The molecule has 0 atom stereocenters. The minimum atomic E-state index is 0.139. The summed E-state index contributed by atoms with van der Waals surface area (Å²) in [6.45, 7) is 2.87. The van der Waals surface area contributed by atoms with E-state index in [0.29, 0.717) is 0 Å². The first kappa shape index (κ1) is 6.94. The summed E-state index contributed by atoms with van der Waals surface area (Å²) in [4.78, 5) is 0. The fourth-order valence-electron chi connectivity index (χ4n) is 0.132. The molecule has 0 saturated heterocycles. The number of hydrogen-bond acceptors (Lipinski definition) is 4. The predicted molar refractivity (Wildman–Crippen MR) is 33.0 cm³/mol. The maximum atomic E-state index is 9.60. The number of nitrogens with zero attached hydrogens (tertiary/aromatic N) is 2. The van der Waals surface area contributed by atoms with Gasteiger partial charge in [0.25, 0.3) is 0 Å². The molecule has 0 aliphatic heterocycles. The van der Waals surface area contributed by atoms with Gasteiger partial charge >= 0.3 is 0 Å². The third-order valence-electron chi connectivity index (χ3n) is 0.797. The van der Waals surface area contributed by atoms with Crippen molar-refractivity contribution in [2.24, 2.45) is 10.3 Å². The first-order valence-electron chi connectivity index (χ1n) is 2.06. The zero-order valence-corrected chi connectivity index (χ0v) is 4.71. The van der Waals surface area contributed by atoms with Gasteiger partial charge in [0.1, 0.15) is 0 Å². The van der Waals surface area contributed by atoms with Gasteiger partial charge in [-0.25, -0.2) is 0 Å². The molecule has 0 unspecified atom stereocenters. The van der Waals surface area contributed by atoms with Crippen molar-refractivity contribution in [1.29, 1.82) is 0 Å². The molecule has 4 heteroatoms. The Kier molecular flexibility index (Phi) is 2.61. The van der Waals surface area contributed by atoms with Crippen LogP contribution in [0.25, 0.3) is 0 Å². The summed E-state index contributed by atoms with van der Waals surface area (Å²) in [6.07, 6.45) is 0. The summed E-state index contributed by atoms with van der Waals surface area (Å²) < 4.78 is 0. The van der Waals surface area contributed by atoms with Crippen LogP contribution >= 0.6 is 0 Å². The van der Waals surface area contributed by atoms with E-state index >= 15 is 0 Å². The summed E-state index contributed by atoms with van der Waals surface area (Å²) in [5, 5.41) is 24.2. The maximum absolute atomic E-state index is 9.60. The molecule has 0 fully saturated rings. The highest BCUT2D eigenvalue weighted by Gasteiger charge is 1.86. The second-order valence-electron chi connectivity index (χ2n) is 1.35. The Bertz CT molecular complexity index is 112. The highest BCUT2D eigenvalue weighted by Crippen LogP contribution is 1.80. The molecule has 0 aromatic rings. The summed E-state index contributed by atoms with van der Waals surface area (Å²) in [5.41, 5.74) is 0.278. The molecule has 4 nitrogen and oxygen atoms in total. The van der Waals surface area contributed by atoms with Gasteiger partial charge in [-0.2, -0.15) is 0 Å². The highest BCUT2D eigenvalue weighted by atomic mass is 16.4. The van der Waals surface area contributed by atoms with Crippen molar-refractivity contribution >= 4 is 11.4 Å². The summed E-state index contributed by atoms with van der Waals surface area (Å²) in [5.74, 6) is 0. The van der Waals surface area contributed by atoms with Gasteiger partial charge in [-0.15, -0.1) is 0 Å². The van der Waals surface area contributed by atoms with Crippen molar-refractivity contribution in [3.63, 3.8) is 0 Å². The van der Waals surface area contributed by atoms with Gasteiger partial charge in [0.05, 0.1) is 0 Å². The Morgan fingerprint density at radius 3 is 1.38 bits per heavy atom. The van der Waals surface area contributed by atoms with E-state index in [-0.39, 0.29) is 11.4 Å². The van der Waals surface area contributed by atoms with Gasteiger partial charge in [0.2, 0.25) is 0 Å². The Balaban J connectivity index is 4.04. The molecule has 0 amide bonds. The molecule has 0 radical (unpaired) electrons. The molecule has 0 aromatic carbocycles. The van der Waals surface area contributed by atoms with E-state index in [2.05, 4.69) is 10.3 Å². The van der Waals surface area contributed by atoms with Crippen LogP contribution < -0.4 is 0 Å². The topological polar surface area (TPSA) is 70.8 Å². The second-order valence-corrected chi connectivity index (χ2v) is 1.35. The van der Waals surface area contributed by atoms with Crippen LogP contribution in [0.15, 0.2) is 10.3 Å². The lowest BCUT2D eigenvalue weighted by molar-refractivity contribution is 1.54. The monoisotopic (exact) mass is 114 g/mol. The van der Waals surface area contributed by atoms with Crippen molar-refractivity contribution in [2.75, 3.05) is 0 Å². The Morgan fingerprint density at radius 1 is 1.00 bits per heavy atom. The van der Waals surface area contributed by atoms with E-state index < -0.39 is 0 Å². The van der Waals surface area contributed by atoms with Crippen molar-refractivity contribution in [1.82, 2.24) is 0 Å². The SMILES string of the molecule is CC(=N\[O-])/C(C)=N/[O-]. The fourth-order valence-corrected chi connectivity index (χ4v) is 0.132. The zero-order chi connectivity index (χ0) is 6.57. The van der Waals surface area contributed by atoms with Gasteiger partial charge in [-0.1, -0.05) is 0 Å². The molecule has 46 valence electrons. The minimum absolute atomic E-state index is 0.139. The van der Waals surface area contributed by atoms with E-state index in [4.69, 9.17) is 0 Å². The molecule has 0 saturated carbocycles. The van der Waals surface area contributed by atoms with Crippen LogP contribution in [0.5, 0.6) is 0 Å². The summed E-state index contributed by atoms with van der Waals surface area (Å²) in [7, 11) is 0. The molecule has 0 bridgehead atoms. The smallest absolute Gasteiger partial charge is 0.0465 e. The quantitative estimate of drug-likeness (QED) is 0.375. The molecular formula is C4H6N2O2-2. The molecule has 0 rings (SSSR count). The number of rotatable bonds is 1. The van der Waals surface area contributed by atoms with Crippen molar-refractivity contribution < 1.29 is 0 Å². The molecular weight excluding hydrogens is 108 g/mol. The Hall–Kier alpha value is -1.06. The van der Waals surface area contributed by atoms with Crippen LogP contribution in [-0.4, -0.2) is 11.4 Å². The number of hydrogen-bond donors (Lipinski definition) is 0. The third-order valence-corrected chi connectivity index (χ3v) is 0.797. The van der Waals surface area contributed by atoms with Gasteiger partial charge in [0, 0.05) is 11.4 Å². The van der Waals surface area contributed by atoms with E-state index in [9.17, 15) is 10.4 Å². The molecule has 0 aromatic heterocycles. The van der Waals surface area contributed by atoms with Gasteiger partial charge in [-0.3, -0.25) is 0 Å². The van der Waals surface area contributed by atoms with Crippen LogP contribution in [0.1, 0.15) is 13.8 Å². The van der Waals surface area contributed by atoms with Crippen molar-refractivity contribution in [3.8, 4) is 0 Å². The predicted octanol–water partition coefficient (Wildman–Crippen LogP) is 0.904. The zero-order valence-electron chi connectivity index (χ0n) is 4.71. The largest absolute Gasteiger partial charge is 0.792 e. The molecule has 0 aliphatic carbocycles. The lowest BCUT2D eigenvalue weighted by Gasteiger charge is -2.02. The molecule has 8 heavy (non-hydrogen) atoms. The lowest BCUT2D eigenvalue weighted by atomic mass is 10.3. The molecule has 0 spiro atoms. The van der Waals surface area contributed by atoms with E-state index in [0.717, 1.165) is 0 Å². The van der Waals surface area contributed by atoms with Crippen LogP contribution in [0.3, 0.4) is 0 Å². The standard InChI is InChI=1S/C4H8N2O2/c1-3(5-7)4(2)6-8/h7-8H,1-2H3/p-2/b5-3+,6-4+. The lowest BCUT2D eigenvalue weighted by Crippen LogP contribution is -2.03. The highest BCUT2D eigenvalue weighted by molar-refractivity contribution is 6.40. The van der Waals surface area contributed by atoms with Gasteiger partial charge < -0.3 is 20.7 Å². The van der Waals surface area contributed by atoms with Gasteiger partial charge in [-0.05, 0) is 13.8 Å². The Morgan fingerprint density at radius 2 is 1.25 bits per heavy atom. The summed E-state index contributed by atoms with van der Waals surface area (Å²) >= 11 is 0. The third kappa shape index (κ3) is 1.59. The van der Waals surface area contributed by atoms with E-state index in [1.54, 1.807) is 0 Å². The van der Waals surface area contributed by atoms with Crippen LogP contribution in [-0.2, 0) is 0 Å². The van der Waals surface area contributed by atoms with Crippen LogP contribution in [0, 0.1) is 10.4 Å². The van der Waals surface area contributed by atoms with Gasteiger partial charge in [0.15, 0.2) is 0 Å². The van der Waals surface area contributed by atoms with Crippen molar-refractivity contribution in [2.45, 2.75) is 13.8 Å². The molecule has 0 aliphatic rings. The van der Waals surface area contributed by atoms with Crippen LogP contribution in [0.4, 0.5) is 0 Å². The second kappa shape index (κ2) is 3.01. The first-order chi connectivity index (χ1) is 3.72. The fraction of sp³-hybridized carbons (Fsp3) is 0.500. The average Bonchev–Trinajstić information content (AvgIpc) is 1.84. The average molecular weight is 114 g/mol. The van der Waals surface area contributed by atoms with E-state index in [1.807, 2.05) is 0 Å². The molecule has 0 N–H and O–H groups in total. The first-order valence-corrected chi connectivity index (χ1v) is 2.06.